The third-order valence-corrected chi connectivity index (χ3v) is 7.55. The number of benzene rings is 2. The second-order valence-corrected chi connectivity index (χ2v) is 11.1. The molecule has 2 aromatic carbocycles. The highest BCUT2D eigenvalue weighted by molar-refractivity contribution is 7.92. The number of H-pyrrole nitrogens is 1. The molecule has 214 valence electrons. The molecular weight excluding hydrogens is 558 g/mol. The van der Waals surface area contributed by atoms with Crippen LogP contribution >= 0.6 is 0 Å². The van der Waals surface area contributed by atoms with Gasteiger partial charge >= 0.3 is 5.97 Å². The topological polar surface area (TPSA) is 169 Å². The van der Waals surface area contributed by atoms with E-state index in [1.165, 1.54) is 24.3 Å². The molecule has 0 radical (unpaired) electrons. The summed E-state index contributed by atoms with van der Waals surface area (Å²) in [7, 11) is -3.96. The molecule has 5 rings (SSSR count). The van der Waals surface area contributed by atoms with Gasteiger partial charge in [0.2, 0.25) is 5.95 Å². The van der Waals surface area contributed by atoms with E-state index in [9.17, 15) is 18.0 Å². The summed E-state index contributed by atoms with van der Waals surface area (Å²) in [5, 5.41) is 2.67. The largest absolute Gasteiger partial charge is 0.449 e. The molecule has 3 N–H and O–H groups in total. The number of carbonyl (C=O) groups is 2. The molecular formula is C29H27N7O5S. The summed E-state index contributed by atoms with van der Waals surface area (Å²) in [6, 6.07) is 15.9. The van der Waals surface area contributed by atoms with Crippen molar-refractivity contribution in [2.75, 3.05) is 10.0 Å². The fraction of sp³-hybridized carbons (Fsp3) is 0.172. The molecule has 1 amide bonds. The lowest BCUT2D eigenvalue weighted by Gasteiger charge is -2.16. The zero-order valence-electron chi connectivity index (χ0n) is 23.0. The maximum atomic E-state index is 12.9. The fourth-order valence-electron chi connectivity index (χ4n) is 4.19. The Bertz CT molecular complexity index is 1850. The first-order valence-corrected chi connectivity index (χ1v) is 14.5. The minimum atomic E-state index is -3.96. The van der Waals surface area contributed by atoms with Gasteiger partial charge in [-0.05, 0) is 80.9 Å². The monoisotopic (exact) mass is 585 g/mol. The predicted octanol–water partition coefficient (Wildman–Crippen LogP) is 4.41. The third-order valence-electron chi connectivity index (χ3n) is 6.21. The number of esters is 1. The van der Waals surface area contributed by atoms with Crippen molar-refractivity contribution in [3.63, 3.8) is 0 Å². The van der Waals surface area contributed by atoms with Crippen LogP contribution in [0.1, 0.15) is 35.1 Å². The molecule has 13 heteroatoms. The number of sulfonamides is 1. The van der Waals surface area contributed by atoms with Crippen LogP contribution in [0.2, 0.25) is 0 Å². The Hall–Kier alpha value is -5.17. The van der Waals surface area contributed by atoms with E-state index in [4.69, 9.17) is 4.74 Å². The summed E-state index contributed by atoms with van der Waals surface area (Å²) in [5.41, 5.74) is 3.94. The van der Waals surface area contributed by atoms with E-state index in [1.54, 1.807) is 63.5 Å². The molecule has 12 nitrogen and oxygen atoms in total. The van der Waals surface area contributed by atoms with Crippen molar-refractivity contribution in [1.82, 2.24) is 24.9 Å². The van der Waals surface area contributed by atoms with Gasteiger partial charge in [0.05, 0.1) is 21.5 Å². The van der Waals surface area contributed by atoms with Gasteiger partial charge < -0.3 is 15.0 Å². The molecule has 0 saturated carbocycles. The van der Waals surface area contributed by atoms with E-state index in [1.807, 2.05) is 6.07 Å². The van der Waals surface area contributed by atoms with Crippen molar-refractivity contribution < 1.29 is 22.7 Å². The first kappa shape index (κ1) is 28.4. The maximum absolute atomic E-state index is 12.9. The molecule has 5 aromatic rings. The number of hydrogen-bond donors (Lipinski definition) is 3. The fourth-order valence-corrected chi connectivity index (χ4v) is 5.13. The van der Waals surface area contributed by atoms with Gasteiger partial charge in [0.15, 0.2) is 6.10 Å². The van der Waals surface area contributed by atoms with Crippen LogP contribution in [-0.4, -0.2) is 51.3 Å². The maximum Gasteiger partial charge on any atom is 0.338 e. The number of imidazole rings is 1. The summed E-state index contributed by atoms with van der Waals surface area (Å²) in [4.78, 5) is 45.8. The van der Waals surface area contributed by atoms with Gasteiger partial charge in [-0.1, -0.05) is 6.92 Å². The number of hydrogen-bond acceptors (Lipinski definition) is 9. The van der Waals surface area contributed by atoms with Gasteiger partial charge in [0.25, 0.3) is 15.9 Å². The number of nitrogens with one attached hydrogen (secondary N) is 3. The number of anilines is 2. The normalized spacial score (nSPS) is 12.1. The van der Waals surface area contributed by atoms with E-state index < -0.39 is 28.0 Å². The van der Waals surface area contributed by atoms with Crippen LogP contribution in [0.15, 0.2) is 78.0 Å². The van der Waals surface area contributed by atoms with Crippen LogP contribution in [0.4, 0.5) is 11.6 Å². The third kappa shape index (κ3) is 6.41. The highest BCUT2D eigenvalue weighted by Gasteiger charge is 2.23. The van der Waals surface area contributed by atoms with Gasteiger partial charge in [0, 0.05) is 35.0 Å². The second-order valence-electron chi connectivity index (χ2n) is 9.45. The van der Waals surface area contributed by atoms with Crippen LogP contribution in [-0.2, 0) is 19.6 Å². The van der Waals surface area contributed by atoms with E-state index in [2.05, 4.69) is 35.0 Å². The van der Waals surface area contributed by atoms with Crippen molar-refractivity contribution in [1.29, 1.82) is 0 Å². The number of amides is 1. The molecule has 1 unspecified atom stereocenters. The first-order chi connectivity index (χ1) is 20.1. The van der Waals surface area contributed by atoms with Crippen molar-refractivity contribution in [2.24, 2.45) is 0 Å². The van der Waals surface area contributed by atoms with Crippen molar-refractivity contribution in [2.45, 2.75) is 38.2 Å². The van der Waals surface area contributed by atoms with Gasteiger partial charge in [-0.2, -0.15) is 0 Å². The Morgan fingerprint density at radius 3 is 2.38 bits per heavy atom. The Morgan fingerprint density at radius 2 is 1.71 bits per heavy atom. The molecule has 3 heterocycles. The molecule has 3 aromatic heterocycles. The van der Waals surface area contributed by atoms with Gasteiger partial charge in [-0.3, -0.25) is 9.78 Å². The molecule has 0 fully saturated rings. The standard InChI is InChI=1S/C29H27N7O5S/c1-4-25(41-28(38)19-7-12-23-24(15-19)35-26(34-23)20-6-5-13-30-16-20)27(37)33-21-8-10-22(11-9-21)42(39,40)36-29-31-17(2)14-18(3)32-29/h5-16,25H,4H2,1-3H3,(H,33,37)(H,34,35)(H,31,32,36). The number of aryl methyl sites for hydroxylation is 2. The first-order valence-electron chi connectivity index (χ1n) is 13.0. The Balaban J connectivity index is 1.23. The Labute approximate surface area is 241 Å². The summed E-state index contributed by atoms with van der Waals surface area (Å²) >= 11 is 0. The molecule has 0 aliphatic rings. The number of aromatic amines is 1. The van der Waals surface area contributed by atoms with Crippen LogP contribution in [0.3, 0.4) is 0 Å². The smallest absolute Gasteiger partial charge is 0.338 e. The number of ether oxygens (including phenoxy) is 1. The van der Waals surface area contributed by atoms with Crippen LogP contribution in [0, 0.1) is 13.8 Å². The van der Waals surface area contributed by atoms with Gasteiger partial charge in [-0.15, -0.1) is 0 Å². The molecule has 0 saturated heterocycles. The zero-order valence-corrected chi connectivity index (χ0v) is 23.8. The Morgan fingerprint density at radius 1 is 0.976 bits per heavy atom. The number of fused-ring (bicyclic) bond motifs is 1. The lowest BCUT2D eigenvalue weighted by molar-refractivity contribution is -0.124. The molecule has 1 atom stereocenters. The average molecular weight is 586 g/mol. The van der Waals surface area contributed by atoms with Crippen LogP contribution in [0.5, 0.6) is 0 Å². The highest BCUT2D eigenvalue weighted by Crippen LogP contribution is 2.22. The van der Waals surface area contributed by atoms with Gasteiger partial charge in [-0.25, -0.2) is 32.9 Å². The number of pyridine rings is 1. The van der Waals surface area contributed by atoms with Crippen LogP contribution < -0.4 is 10.0 Å². The zero-order chi connectivity index (χ0) is 29.9. The summed E-state index contributed by atoms with van der Waals surface area (Å²) in [6.07, 6.45) is 2.50. The molecule has 42 heavy (non-hydrogen) atoms. The van der Waals surface area contributed by atoms with E-state index in [0.717, 1.165) is 5.56 Å². The van der Waals surface area contributed by atoms with Crippen LogP contribution in [0.25, 0.3) is 22.4 Å². The summed E-state index contributed by atoms with van der Waals surface area (Å²) < 4.78 is 33.4. The lowest BCUT2D eigenvalue weighted by Crippen LogP contribution is -2.32. The van der Waals surface area contributed by atoms with Crippen molar-refractivity contribution in [3.05, 3.63) is 90.0 Å². The molecule has 0 aliphatic heterocycles. The van der Waals surface area contributed by atoms with E-state index >= 15 is 0 Å². The van der Waals surface area contributed by atoms with E-state index in [-0.39, 0.29) is 22.8 Å². The van der Waals surface area contributed by atoms with Crippen molar-refractivity contribution in [3.8, 4) is 11.4 Å². The summed E-state index contributed by atoms with van der Waals surface area (Å²) in [6.45, 7) is 5.19. The minimum Gasteiger partial charge on any atom is -0.449 e. The average Bonchev–Trinajstić information content (AvgIpc) is 3.39. The summed E-state index contributed by atoms with van der Waals surface area (Å²) in [5.74, 6) is -0.636. The minimum absolute atomic E-state index is 0.0295. The van der Waals surface area contributed by atoms with E-state index in [0.29, 0.717) is 33.9 Å². The molecule has 0 bridgehead atoms. The Kier molecular flexibility index (Phi) is 7.93. The SMILES string of the molecule is CCC(OC(=O)c1ccc2nc(-c3cccnc3)[nH]c2c1)C(=O)Nc1ccc(S(=O)(=O)Nc2nc(C)cc(C)n2)cc1. The van der Waals surface area contributed by atoms with Gasteiger partial charge in [0.1, 0.15) is 5.82 Å². The number of nitrogens with zero attached hydrogens (tertiary/aromatic N) is 4. The van der Waals surface area contributed by atoms with Crippen molar-refractivity contribution >= 4 is 44.6 Å². The molecule has 0 aliphatic carbocycles. The quantitative estimate of drug-likeness (QED) is 0.212. The predicted molar refractivity (Wildman–Crippen MR) is 156 cm³/mol. The molecule has 0 spiro atoms. The number of carbonyl (C=O) groups excluding carboxylic acids is 2. The number of rotatable bonds is 9. The highest BCUT2D eigenvalue weighted by atomic mass is 32.2. The lowest BCUT2D eigenvalue weighted by atomic mass is 10.2. The number of aromatic nitrogens is 5. The second kappa shape index (κ2) is 11.7.